The Bertz CT molecular complexity index is 185. The summed E-state index contributed by atoms with van der Waals surface area (Å²) in [6.45, 7) is 1.76. The lowest BCUT2D eigenvalue weighted by Crippen LogP contribution is -2.24. The molecule has 0 radical (unpaired) electrons. The van der Waals surface area contributed by atoms with Crippen molar-refractivity contribution < 1.29 is 22.7 Å². The van der Waals surface area contributed by atoms with E-state index in [-0.39, 0.29) is 12.8 Å². The van der Waals surface area contributed by atoms with E-state index in [1.165, 1.54) is 0 Å². The monoisotopic (exact) mass is 210 g/mol. The molecule has 0 amide bonds. The van der Waals surface area contributed by atoms with Crippen LogP contribution in [0.25, 0.3) is 0 Å². The zero-order valence-corrected chi connectivity index (χ0v) is 7.72. The van der Waals surface area contributed by atoms with Crippen LogP contribution in [-0.2, 0) is 9.53 Å². The molecule has 14 heavy (non-hydrogen) atoms. The molecule has 5 heteroatoms. The van der Waals surface area contributed by atoms with Crippen LogP contribution in [0.15, 0.2) is 12.7 Å². The molecule has 0 aliphatic heterocycles. The number of ether oxygens (including phenoxy) is 1. The van der Waals surface area contributed by atoms with Crippen molar-refractivity contribution in [3.05, 3.63) is 12.7 Å². The maximum Gasteiger partial charge on any atom is 0.330 e. The molecule has 0 fully saturated rings. The third-order valence-electron chi connectivity index (χ3n) is 1.56. The lowest BCUT2D eigenvalue weighted by Gasteiger charge is -2.12. The van der Waals surface area contributed by atoms with Crippen LogP contribution >= 0.6 is 0 Å². The van der Waals surface area contributed by atoms with E-state index in [2.05, 4.69) is 11.3 Å². The van der Waals surface area contributed by atoms with Crippen molar-refractivity contribution in [3.63, 3.8) is 0 Å². The van der Waals surface area contributed by atoms with Crippen molar-refractivity contribution in [1.82, 2.24) is 0 Å². The van der Waals surface area contributed by atoms with E-state index in [1.807, 2.05) is 0 Å². The number of rotatable bonds is 7. The fourth-order valence-corrected chi connectivity index (χ4v) is 0.778. The molecular formula is C9H13F3O2. The van der Waals surface area contributed by atoms with E-state index in [9.17, 15) is 18.0 Å². The Morgan fingerprint density at radius 3 is 2.57 bits per heavy atom. The summed E-state index contributed by atoms with van der Waals surface area (Å²) in [4.78, 5) is 10.5. The number of carbonyl (C=O) groups excluding carboxylic acids is 1. The molecule has 0 heterocycles. The van der Waals surface area contributed by atoms with Crippen molar-refractivity contribution >= 4 is 5.97 Å². The van der Waals surface area contributed by atoms with Gasteiger partial charge in [0.2, 0.25) is 0 Å². The Morgan fingerprint density at radius 2 is 2.07 bits per heavy atom. The normalized spacial score (nSPS) is 14.5. The molecule has 2 unspecified atom stereocenters. The first-order valence-electron chi connectivity index (χ1n) is 4.25. The van der Waals surface area contributed by atoms with Crippen LogP contribution in [0.4, 0.5) is 13.2 Å². The molecule has 0 spiro atoms. The molecule has 0 aromatic rings. The van der Waals surface area contributed by atoms with E-state index >= 15 is 0 Å². The molecule has 0 saturated carbocycles. The lowest BCUT2D eigenvalue weighted by atomic mass is 10.1. The van der Waals surface area contributed by atoms with Gasteiger partial charge in [-0.2, -0.15) is 0 Å². The first kappa shape index (κ1) is 13.0. The second-order valence-electron chi connectivity index (χ2n) is 2.70. The molecule has 0 aromatic heterocycles. The molecule has 0 aliphatic carbocycles. The SMILES string of the molecule is C=CC(=O)OCC(F)C(F)CCCF. The van der Waals surface area contributed by atoms with Gasteiger partial charge >= 0.3 is 5.97 Å². The van der Waals surface area contributed by atoms with Crippen LogP contribution in [0.5, 0.6) is 0 Å². The Morgan fingerprint density at radius 1 is 1.43 bits per heavy atom. The first-order chi connectivity index (χ1) is 6.61. The van der Waals surface area contributed by atoms with E-state index < -0.39 is 31.6 Å². The molecule has 0 aromatic carbocycles. The van der Waals surface area contributed by atoms with Crippen LogP contribution in [0.1, 0.15) is 12.8 Å². The maximum atomic E-state index is 12.8. The molecule has 0 rings (SSSR count). The highest BCUT2D eigenvalue weighted by Gasteiger charge is 2.21. The van der Waals surface area contributed by atoms with E-state index in [1.54, 1.807) is 0 Å². The predicted molar refractivity (Wildman–Crippen MR) is 46.2 cm³/mol. The van der Waals surface area contributed by atoms with Gasteiger partial charge in [0.25, 0.3) is 0 Å². The van der Waals surface area contributed by atoms with Gasteiger partial charge in [0.15, 0.2) is 6.17 Å². The van der Waals surface area contributed by atoms with Gasteiger partial charge in [0.05, 0.1) is 6.67 Å². The summed E-state index contributed by atoms with van der Waals surface area (Å²) in [5, 5.41) is 0. The summed E-state index contributed by atoms with van der Waals surface area (Å²) < 4.78 is 41.5. The average molecular weight is 210 g/mol. The Kier molecular flexibility index (Phi) is 6.88. The van der Waals surface area contributed by atoms with Gasteiger partial charge in [-0.05, 0) is 12.8 Å². The number of carbonyl (C=O) groups is 1. The quantitative estimate of drug-likeness (QED) is 0.475. The van der Waals surface area contributed by atoms with E-state index in [4.69, 9.17) is 0 Å². The highest BCUT2D eigenvalue weighted by Crippen LogP contribution is 2.11. The molecule has 0 saturated heterocycles. The minimum absolute atomic E-state index is 0.0308. The summed E-state index contributed by atoms with van der Waals surface area (Å²) in [6, 6.07) is 0. The summed E-state index contributed by atoms with van der Waals surface area (Å²) >= 11 is 0. The van der Waals surface area contributed by atoms with Crippen molar-refractivity contribution in [2.24, 2.45) is 0 Å². The second kappa shape index (κ2) is 7.41. The number of hydrogen-bond donors (Lipinski definition) is 0. The first-order valence-corrected chi connectivity index (χ1v) is 4.25. The van der Waals surface area contributed by atoms with Gasteiger partial charge in [0.1, 0.15) is 12.8 Å². The van der Waals surface area contributed by atoms with Crippen LogP contribution in [0, 0.1) is 0 Å². The van der Waals surface area contributed by atoms with Gasteiger partial charge in [0, 0.05) is 6.08 Å². The van der Waals surface area contributed by atoms with Gasteiger partial charge in [-0.1, -0.05) is 6.58 Å². The van der Waals surface area contributed by atoms with Crippen LogP contribution in [-0.4, -0.2) is 31.6 Å². The Balaban J connectivity index is 3.65. The summed E-state index contributed by atoms with van der Waals surface area (Å²) in [6.07, 6.45) is -3.06. The standard InChI is InChI=1S/C9H13F3O2/c1-2-9(13)14-6-8(12)7(11)4-3-5-10/h2,7-8H,1,3-6H2. The topological polar surface area (TPSA) is 26.3 Å². The fourth-order valence-electron chi connectivity index (χ4n) is 0.778. The predicted octanol–water partition coefficient (Wildman–Crippen LogP) is 2.14. The van der Waals surface area contributed by atoms with Crippen molar-refractivity contribution in [3.8, 4) is 0 Å². The highest BCUT2D eigenvalue weighted by atomic mass is 19.2. The minimum atomic E-state index is -1.90. The van der Waals surface area contributed by atoms with Gasteiger partial charge in [-0.15, -0.1) is 0 Å². The summed E-state index contributed by atoms with van der Waals surface area (Å²) in [7, 11) is 0. The van der Waals surface area contributed by atoms with Crippen molar-refractivity contribution in [2.75, 3.05) is 13.3 Å². The van der Waals surface area contributed by atoms with Crippen LogP contribution < -0.4 is 0 Å². The zero-order valence-electron chi connectivity index (χ0n) is 7.72. The summed E-state index contributed by atoms with van der Waals surface area (Å²) in [5.41, 5.74) is 0. The number of alkyl halides is 3. The molecule has 0 aliphatic rings. The van der Waals surface area contributed by atoms with Crippen molar-refractivity contribution in [2.45, 2.75) is 25.2 Å². The van der Waals surface area contributed by atoms with E-state index in [0.717, 1.165) is 6.08 Å². The third kappa shape index (κ3) is 5.61. The van der Waals surface area contributed by atoms with E-state index in [0.29, 0.717) is 0 Å². The molecule has 0 N–H and O–H groups in total. The van der Waals surface area contributed by atoms with Crippen molar-refractivity contribution in [1.29, 1.82) is 0 Å². The smallest absolute Gasteiger partial charge is 0.330 e. The number of hydrogen-bond acceptors (Lipinski definition) is 2. The fraction of sp³-hybridized carbons (Fsp3) is 0.667. The molecule has 2 nitrogen and oxygen atoms in total. The average Bonchev–Trinajstić information content (AvgIpc) is 2.21. The van der Waals surface area contributed by atoms with Crippen LogP contribution in [0.3, 0.4) is 0 Å². The van der Waals surface area contributed by atoms with Gasteiger partial charge in [-0.25, -0.2) is 13.6 Å². The van der Waals surface area contributed by atoms with Gasteiger partial charge in [-0.3, -0.25) is 4.39 Å². The van der Waals surface area contributed by atoms with Crippen LogP contribution in [0.2, 0.25) is 0 Å². The largest absolute Gasteiger partial charge is 0.459 e. The Labute approximate surface area is 80.7 Å². The van der Waals surface area contributed by atoms with Gasteiger partial charge < -0.3 is 4.74 Å². The molecular weight excluding hydrogens is 197 g/mol. The molecule has 0 bridgehead atoms. The Hall–Kier alpha value is -1.00. The number of esters is 1. The summed E-state index contributed by atoms with van der Waals surface area (Å²) in [5.74, 6) is -0.801. The minimum Gasteiger partial charge on any atom is -0.459 e. The molecule has 2 atom stereocenters. The highest BCUT2D eigenvalue weighted by molar-refractivity contribution is 5.81. The third-order valence-corrected chi connectivity index (χ3v) is 1.56. The second-order valence-corrected chi connectivity index (χ2v) is 2.70. The maximum absolute atomic E-state index is 12.8. The molecule has 82 valence electrons. The lowest BCUT2D eigenvalue weighted by molar-refractivity contribution is -0.140. The zero-order chi connectivity index (χ0) is 11.0. The number of halogens is 3.